The van der Waals surface area contributed by atoms with Crippen molar-refractivity contribution in [1.29, 1.82) is 0 Å². The van der Waals surface area contributed by atoms with Crippen LogP contribution in [0.3, 0.4) is 0 Å². The maximum Gasteiger partial charge on any atom is 0.258 e. The van der Waals surface area contributed by atoms with Gasteiger partial charge in [-0.15, -0.1) is 0 Å². The fraction of sp³-hybridized carbons (Fsp3) is 0.857. The van der Waals surface area contributed by atoms with E-state index in [1.54, 1.807) is 7.11 Å². The average Bonchev–Trinajstić information content (AvgIpc) is 2.83. The van der Waals surface area contributed by atoms with Crippen molar-refractivity contribution in [2.45, 2.75) is 69.9 Å². The number of nitrogens with two attached hydrogens (primary N) is 1. The lowest BCUT2D eigenvalue weighted by Gasteiger charge is -2.24. The Labute approximate surface area is 114 Å². The Hall–Kier alpha value is -0.940. The Morgan fingerprint density at radius 2 is 1.95 bits per heavy atom. The third-order valence-electron chi connectivity index (χ3n) is 4.44. The van der Waals surface area contributed by atoms with E-state index < -0.39 is 11.1 Å². The summed E-state index contributed by atoms with van der Waals surface area (Å²) in [6, 6.07) is 0. The van der Waals surface area contributed by atoms with Crippen molar-refractivity contribution in [3.63, 3.8) is 0 Å². The second-order valence-electron chi connectivity index (χ2n) is 5.78. The van der Waals surface area contributed by atoms with Crippen LogP contribution in [-0.2, 0) is 15.9 Å². The molecule has 1 aromatic heterocycles. The summed E-state index contributed by atoms with van der Waals surface area (Å²) in [6.45, 7) is 4.00. The first-order chi connectivity index (χ1) is 9.04. The number of hydrogen-bond acceptors (Lipinski definition) is 5. The molecule has 1 aliphatic rings. The number of methoxy groups -OCH3 is 1. The Morgan fingerprint density at radius 3 is 2.47 bits per heavy atom. The summed E-state index contributed by atoms with van der Waals surface area (Å²) in [6.07, 6.45) is 7.40. The highest BCUT2D eigenvalue weighted by atomic mass is 16.5. The number of rotatable bonds is 4. The van der Waals surface area contributed by atoms with E-state index in [2.05, 4.69) is 10.1 Å². The SMILES string of the molecule is CCC(C)(OC)c1nc(C2(N)CCCCCC2)no1. The van der Waals surface area contributed by atoms with Crippen molar-refractivity contribution in [2.24, 2.45) is 5.73 Å². The first-order valence-electron chi connectivity index (χ1n) is 7.23. The molecule has 1 unspecified atom stereocenters. The van der Waals surface area contributed by atoms with Crippen molar-refractivity contribution in [1.82, 2.24) is 10.1 Å². The molecule has 19 heavy (non-hydrogen) atoms. The Bertz CT molecular complexity index is 405. The van der Waals surface area contributed by atoms with Gasteiger partial charge in [0.15, 0.2) is 5.82 Å². The monoisotopic (exact) mass is 267 g/mol. The summed E-state index contributed by atoms with van der Waals surface area (Å²) in [7, 11) is 1.66. The molecule has 0 aliphatic heterocycles. The van der Waals surface area contributed by atoms with Gasteiger partial charge in [-0.2, -0.15) is 4.98 Å². The van der Waals surface area contributed by atoms with E-state index in [0.717, 1.165) is 32.1 Å². The molecule has 0 aromatic carbocycles. The maximum atomic E-state index is 6.49. The second-order valence-corrected chi connectivity index (χ2v) is 5.78. The third kappa shape index (κ3) is 2.82. The minimum Gasteiger partial charge on any atom is -0.369 e. The number of hydrogen-bond donors (Lipinski definition) is 1. The van der Waals surface area contributed by atoms with Crippen LogP contribution in [0.25, 0.3) is 0 Å². The van der Waals surface area contributed by atoms with Gasteiger partial charge in [0.25, 0.3) is 5.89 Å². The smallest absolute Gasteiger partial charge is 0.258 e. The molecule has 108 valence electrons. The molecule has 0 amide bonds. The highest BCUT2D eigenvalue weighted by molar-refractivity contribution is 5.07. The van der Waals surface area contributed by atoms with E-state index in [-0.39, 0.29) is 0 Å². The first-order valence-corrected chi connectivity index (χ1v) is 7.23. The van der Waals surface area contributed by atoms with Crippen molar-refractivity contribution < 1.29 is 9.26 Å². The molecule has 2 N–H and O–H groups in total. The Kier molecular flexibility index (Phi) is 4.26. The van der Waals surface area contributed by atoms with Crippen molar-refractivity contribution >= 4 is 0 Å². The van der Waals surface area contributed by atoms with Gasteiger partial charge in [-0.25, -0.2) is 0 Å². The molecule has 1 aliphatic carbocycles. The number of aromatic nitrogens is 2. The van der Waals surface area contributed by atoms with Gasteiger partial charge >= 0.3 is 0 Å². The molecular formula is C14H25N3O2. The van der Waals surface area contributed by atoms with Gasteiger partial charge in [-0.1, -0.05) is 37.8 Å². The zero-order chi connectivity index (χ0) is 13.9. The standard InChI is InChI=1S/C14H25N3O2/c1-4-13(2,18-3)12-16-11(17-19-12)14(15)9-7-5-6-8-10-14/h4-10,15H2,1-3H3. The lowest BCUT2D eigenvalue weighted by Crippen LogP contribution is -2.37. The third-order valence-corrected chi connectivity index (χ3v) is 4.44. The molecular weight excluding hydrogens is 242 g/mol. The van der Waals surface area contributed by atoms with Crippen LogP contribution in [0.4, 0.5) is 0 Å². The molecule has 5 nitrogen and oxygen atoms in total. The minimum absolute atomic E-state index is 0.430. The van der Waals surface area contributed by atoms with Gasteiger partial charge < -0.3 is 15.0 Å². The zero-order valence-corrected chi connectivity index (χ0v) is 12.2. The van der Waals surface area contributed by atoms with Gasteiger partial charge in [0.1, 0.15) is 5.60 Å². The van der Waals surface area contributed by atoms with E-state index in [4.69, 9.17) is 15.0 Å². The largest absolute Gasteiger partial charge is 0.369 e. The summed E-state index contributed by atoms with van der Waals surface area (Å²) >= 11 is 0. The van der Waals surface area contributed by atoms with Crippen LogP contribution >= 0.6 is 0 Å². The van der Waals surface area contributed by atoms with Gasteiger partial charge in [-0.05, 0) is 26.2 Å². The fourth-order valence-electron chi connectivity index (χ4n) is 2.61. The van der Waals surface area contributed by atoms with Crippen molar-refractivity contribution in [3.05, 3.63) is 11.7 Å². The quantitative estimate of drug-likeness (QED) is 0.849. The van der Waals surface area contributed by atoms with Crippen molar-refractivity contribution in [3.8, 4) is 0 Å². The van der Waals surface area contributed by atoms with Crippen LogP contribution in [0.15, 0.2) is 4.52 Å². The molecule has 1 atom stereocenters. The van der Waals surface area contributed by atoms with Crippen LogP contribution in [0.5, 0.6) is 0 Å². The van der Waals surface area contributed by atoms with Gasteiger partial charge in [0.2, 0.25) is 0 Å². The molecule has 1 heterocycles. The molecule has 0 spiro atoms. The molecule has 0 bridgehead atoms. The van der Waals surface area contributed by atoms with E-state index in [0.29, 0.717) is 11.7 Å². The number of ether oxygens (including phenoxy) is 1. The summed E-state index contributed by atoms with van der Waals surface area (Å²) in [5.41, 5.74) is 5.54. The molecule has 1 saturated carbocycles. The van der Waals surface area contributed by atoms with E-state index >= 15 is 0 Å². The van der Waals surface area contributed by atoms with Gasteiger partial charge in [-0.3, -0.25) is 0 Å². The van der Waals surface area contributed by atoms with Crippen LogP contribution < -0.4 is 5.73 Å². The Morgan fingerprint density at radius 1 is 1.32 bits per heavy atom. The molecule has 1 fully saturated rings. The summed E-state index contributed by atoms with van der Waals surface area (Å²) in [5.74, 6) is 1.17. The summed E-state index contributed by atoms with van der Waals surface area (Å²) in [4.78, 5) is 4.53. The van der Waals surface area contributed by atoms with E-state index in [1.807, 2.05) is 13.8 Å². The highest BCUT2D eigenvalue weighted by Crippen LogP contribution is 2.34. The normalized spacial score (nSPS) is 22.7. The Balaban J connectivity index is 2.24. The summed E-state index contributed by atoms with van der Waals surface area (Å²) < 4.78 is 10.9. The molecule has 0 saturated heterocycles. The van der Waals surface area contributed by atoms with E-state index in [9.17, 15) is 0 Å². The lowest BCUT2D eigenvalue weighted by molar-refractivity contribution is -0.0272. The van der Waals surface area contributed by atoms with Crippen LogP contribution in [-0.4, -0.2) is 17.3 Å². The molecule has 2 rings (SSSR count). The summed E-state index contributed by atoms with van der Waals surface area (Å²) in [5, 5.41) is 4.12. The predicted molar refractivity (Wildman–Crippen MR) is 72.5 cm³/mol. The maximum absolute atomic E-state index is 6.49. The second kappa shape index (κ2) is 5.59. The van der Waals surface area contributed by atoms with Crippen molar-refractivity contribution in [2.75, 3.05) is 7.11 Å². The molecule has 0 radical (unpaired) electrons. The van der Waals surface area contributed by atoms with Crippen LogP contribution in [0.1, 0.15) is 70.5 Å². The molecule has 5 heteroatoms. The fourth-order valence-corrected chi connectivity index (χ4v) is 2.61. The highest BCUT2D eigenvalue weighted by Gasteiger charge is 2.37. The average molecular weight is 267 g/mol. The zero-order valence-electron chi connectivity index (χ0n) is 12.2. The number of nitrogens with zero attached hydrogens (tertiary/aromatic N) is 2. The van der Waals surface area contributed by atoms with Crippen LogP contribution in [0, 0.1) is 0 Å². The van der Waals surface area contributed by atoms with E-state index in [1.165, 1.54) is 12.8 Å². The van der Waals surface area contributed by atoms with Gasteiger partial charge in [0.05, 0.1) is 5.54 Å². The lowest BCUT2D eigenvalue weighted by atomic mass is 9.90. The minimum atomic E-state index is -0.521. The topological polar surface area (TPSA) is 74.2 Å². The first kappa shape index (κ1) is 14.5. The predicted octanol–water partition coefficient (Wildman–Crippen LogP) is 2.85. The van der Waals surface area contributed by atoms with Crippen LogP contribution in [0.2, 0.25) is 0 Å². The van der Waals surface area contributed by atoms with Gasteiger partial charge in [0, 0.05) is 7.11 Å². The molecule has 1 aromatic rings.